The third kappa shape index (κ3) is 7.29. The molecule has 3 N–H and O–H groups in total. The lowest BCUT2D eigenvalue weighted by Gasteiger charge is -2.37. The van der Waals surface area contributed by atoms with Crippen molar-refractivity contribution in [2.75, 3.05) is 42.9 Å². The second-order valence-corrected chi connectivity index (χ2v) is 8.84. The number of anilines is 2. The van der Waals surface area contributed by atoms with Crippen LogP contribution < -0.4 is 20.9 Å². The van der Waals surface area contributed by atoms with E-state index in [0.717, 1.165) is 30.0 Å². The Morgan fingerprint density at radius 2 is 1.55 bits per heavy atom. The van der Waals surface area contributed by atoms with E-state index in [1.807, 2.05) is 80.3 Å². The highest BCUT2D eigenvalue weighted by molar-refractivity contribution is 5.92. The zero-order chi connectivity index (χ0) is 22.3. The molecule has 3 rings (SSSR count). The molecule has 7 heteroatoms. The molecule has 0 radical (unpaired) electrons. The Balaban J connectivity index is 1.42. The van der Waals surface area contributed by atoms with Gasteiger partial charge in [0.25, 0.3) is 0 Å². The Labute approximate surface area is 184 Å². The molecule has 2 aromatic rings. The van der Waals surface area contributed by atoms with Gasteiger partial charge in [-0.3, -0.25) is 4.79 Å². The molecule has 166 valence electrons. The average Bonchev–Trinajstić information content (AvgIpc) is 2.74. The molecule has 0 saturated carbocycles. The molecule has 0 bridgehead atoms. The Kier molecular flexibility index (Phi) is 7.52. The van der Waals surface area contributed by atoms with E-state index in [1.54, 1.807) is 0 Å². The van der Waals surface area contributed by atoms with Crippen molar-refractivity contribution in [2.45, 2.75) is 32.9 Å². The largest absolute Gasteiger partial charge is 0.368 e. The molecule has 31 heavy (non-hydrogen) atoms. The van der Waals surface area contributed by atoms with Crippen LogP contribution in [0.1, 0.15) is 26.3 Å². The maximum atomic E-state index is 12.3. The van der Waals surface area contributed by atoms with Crippen molar-refractivity contribution < 1.29 is 9.59 Å². The summed E-state index contributed by atoms with van der Waals surface area (Å²) in [5.74, 6) is -0.0674. The lowest BCUT2D eigenvalue weighted by molar-refractivity contribution is -0.115. The predicted octanol–water partition coefficient (Wildman–Crippen LogP) is 3.05. The van der Waals surface area contributed by atoms with E-state index in [4.69, 9.17) is 0 Å². The molecule has 0 unspecified atom stereocenters. The molecule has 1 heterocycles. The topological polar surface area (TPSA) is 76.7 Å². The van der Waals surface area contributed by atoms with E-state index in [-0.39, 0.29) is 24.0 Å². The van der Waals surface area contributed by atoms with Crippen LogP contribution in [0.2, 0.25) is 0 Å². The van der Waals surface area contributed by atoms with E-state index in [2.05, 4.69) is 20.9 Å². The Bertz CT molecular complexity index is 854. The van der Waals surface area contributed by atoms with Crippen molar-refractivity contribution in [1.29, 1.82) is 0 Å². The molecule has 0 atom stereocenters. The van der Waals surface area contributed by atoms with Crippen LogP contribution in [-0.2, 0) is 11.3 Å². The van der Waals surface area contributed by atoms with E-state index in [9.17, 15) is 9.59 Å². The first kappa shape index (κ1) is 22.6. The minimum absolute atomic E-state index is 0.00826. The Hall–Kier alpha value is -3.06. The van der Waals surface area contributed by atoms with Gasteiger partial charge in [0, 0.05) is 49.6 Å². The molecule has 2 aromatic carbocycles. The average molecular weight is 424 g/mol. The molecule has 1 aliphatic rings. The minimum atomic E-state index is -0.231. The number of nitrogens with zero attached hydrogens (tertiary/aromatic N) is 2. The highest BCUT2D eigenvalue weighted by atomic mass is 16.2. The summed E-state index contributed by atoms with van der Waals surface area (Å²) >= 11 is 0. The molecule has 7 nitrogen and oxygen atoms in total. The molecule has 3 amide bonds. The molecule has 1 aliphatic heterocycles. The van der Waals surface area contributed by atoms with Crippen molar-refractivity contribution >= 4 is 23.3 Å². The van der Waals surface area contributed by atoms with Gasteiger partial charge in [-0.2, -0.15) is 0 Å². The molecule has 1 saturated heterocycles. The van der Waals surface area contributed by atoms with Crippen LogP contribution in [0.5, 0.6) is 0 Å². The van der Waals surface area contributed by atoms with E-state index in [0.29, 0.717) is 19.6 Å². The number of hydrogen-bond donors (Lipinski definition) is 3. The van der Waals surface area contributed by atoms with E-state index >= 15 is 0 Å². The monoisotopic (exact) mass is 423 g/mol. The quantitative estimate of drug-likeness (QED) is 0.668. The van der Waals surface area contributed by atoms with Gasteiger partial charge in [0.2, 0.25) is 5.91 Å². The number of urea groups is 1. The first-order valence-corrected chi connectivity index (χ1v) is 10.8. The van der Waals surface area contributed by atoms with Crippen molar-refractivity contribution in [3.63, 3.8) is 0 Å². The summed E-state index contributed by atoms with van der Waals surface area (Å²) in [6.45, 7) is 9.82. The lowest BCUT2D eigenvalue weighted by Crippen LogP contribution is -2.55. The van der Waals surface area contributed by atoms with Crippen molar-refractivity contribution in [1.82, 2.24) is 15.5 Å². The zero-order valence-corrected chi connectivity index (χ0v) is 18.6. The Morgan fingerprint density at radius 3 is 2.16 bits per heavy atom. The zero-order valence-electron chi connectivity index (χ0n) is 18.6. The summed E-state index contributed by atoms with van der Waals surface area (Å²) in [7, 11) is 0. The summed E-state index contributed by atoms with van der Waals surface area (Å²) in [4.78, 5) is 28.6. The number of carbonyl (C=O) groups excluding carboxylic acids is 2. The van der Waals surface area contributed by atoms with Gasteiger partial charge in [0.15, 0.2) is 0 Å². The van der Waals surface area contributed by atoms with Crippen molar-refractivity contribution in [3.05, 3.63) is 60.2 Å². The van der Waals surface area contributed by atoms with Crippen LogP contribution in [-0.4, -0.2) is 55.1 Å². The number of benzene rings is 2. The lowest BCUT2D eigenvalue weighted by atomic mass is 10.1. The number of amides is 3. The second-order valence-electron chi connectivity index (χ2n) is 8.84. The van der Waals surface area contributed by atoms with Gasteiger partial charge in [-0.25, -0.2) is 4.79 Å². The number of piperazine rings is 1. The summed E-state index contributed by atoms with van der Waals surface area (Å²) in [5, 5.41) is 9.09. The number of hydrogen-bond acceptors (Lipinski definition) is 4. The van der Waals surface area contributed by atoms with Crippen LogP contribution in [0.25, 0.3) is 0 Å². The van der Waals surface area contributed by atoms with Gasteiger partial charge in [-0.15, -0.1) is 0 Å². The Morgan fingerprint density at radius 1 is 0.903 bits per heavy atom. The molecular weight excluding hydrogens is 390 g/mol. The fraction of sp³-hybridized carbons (Fsp3) is 0.417. The van der Waals surface area contributed by atoms with Gasteiger partial charge >= 0.3 is 6.03 Å². The van der Waals surface area contributed by atoms with Gasteiger partial charge in [0.05, 0.1) is 6.54 Å². The van der Waals surface area contributed by atoms with E-state index in [1.165, 1.54) is 0 Å². The molecule has 0 aliphatic carbocycles. The summed E-state index contributed by atoms with van der Waals surface area (Å²) in [5.41, 5.74) is 2.79. The van der Waals surface area contributed by atoms with Crippen LogP contribution in [0.4, 0.5) is 16.2 Å². The van der Waals surface area contributed by atoms with Gasteiger partial charge in [-0.05, 0) is 50.6 Å². The standard InChI is InChI=1S/C24H33N5O2/c1-24(2,3)27-23(31)29-15-13-28(14-16-29)21-11-9-20(10-12-21)26-22(30)18-25-17-19-7-5-4-6-8-19/h4-12,25H,13-18H2,1-3H3,(H,26,30)(H,27,31). The minimum Gasteiger partial charge on any atom is -0.368 e. The van der Waals surface area contributed by atoms with Crippen LogP contribution in [0, 0.1) is 0 Å². The molecule has 1 fully saturated rings. The van der Waals surface area contributed by atoms with Gasteiger partial charge in [0.1, 0.15) is 0 Å². The maximum absolute atomic E-state index is 12.3. The second kappa shape index (κ2) is 10.3. The predicted molar refractivity (Wildman–Crippen MR) is 125 cm³/mol. The number of rotatable bonds is 6. The third-order valence-electron chi connectivity index (χ3n) is 5.02. The van der Waals surface area contributed by atoms with Gasteiger partial charge < -0.3 is 25.8 Å². The highest BCUT2D eigenvalue weighted by Gasteiger charge is 2.24. The summed E-state index contributed by atoms with van der Waals surface area (Å²) in [6, 6.07) is 17.9. The van der Waals surface area contributed by atoms with Gasteiger partial charge in [-0.1, -0.05) is 30.3 Å². The summed E-state index contributed by atoms with van der Waals surface area (Å²) < 4.78 is 0. The molecule has 0 spiro atoms. The SMILES string of the molecule is CC(C)(C)NC(=O)N1CCN(c2ccc(NC(=O)CNCc3ccccc3)cc2)CC1. The third-order valence-corrected chi connectivity index (χ3v) is 5.02. The maximum Gasteiger partial charge on any atom is 0.317 e. The fourth-order valence-corrected chi connectivity index (χ4v) is 3.44. The molecular formula is C24H33N5O2. The van der Waals surface area contributed by atoms with Crippen LogP contribution in [0.15, 0.2) is 54.6 Å². The smallest absolute Gasteiger partial charge is 0.317 e. The number of carbonyl (C=O) groups is 2. The van der Waals surface area contributed by atoms with Crippen LogP contribution >= 0.6 is 0 Å². The van der Waals surface area contributed by atoms with Crippen LogP contribution in [0.3, 0.4) is 0 Å². The molecule has 0 aromatic heterocycles. The van der Waals surface area contributed by atoms with E-state index < -0.39 is 0 Å². The normalized spacial score (nSPS) is 14.3. The highest BCUT2D eigenvalue weighted by Crippen LogP contribution is 2.19. The first-order valence-electron chi connectivity index (χ1n) is 10.8. The summed E-state index contributed by atoms with van der Waals surface area (Å²) in [6.07, 6.45) is 0. The fourth-order valence-electron chi connectivity index (χ4n) is 3.44. The number of nitrogens with one attached hydrogen (secondary N) is 3. The van der Waals surface area contributed by atoms with Crippen molar-refractivity contribution in [2.24, 2.45) is 0 Å². The van der Waals surface area contributed by atoms with Crippen molar-refractivity contribution in [3.8, 4) is 0 Å². The first-order chi connectivity index (χ1) is 14.8.